The van der Waals surface area contributed by atoms with E-state index in [2.05, 4.69) is 0 Å². The van der Waals surface area contributed by atoms with E-state index in [4.69, 9.17) is 4.74 Å². The summed E-state index contributed by atoms with van der Waals surface area (Å²) in [4.78, 5) is 22.2. The largest absolute Gasteiger partial charge is 0.497 e. The smallest absolute Gasteiger partial charge is 0.316 e. The lowest BCUT2D eigenvalue weighted by Gasteiger charge is -2.31. The summed E-state index contributed by atoms with van der Waals surface area (Å²) < 4.78 is 5.16. The van der Waals surface area contributed by atoms with Gasteiger partial charge < -0.3 is 14.9 Å². The van der Waals surface area contributed by atoms with Crippen LogP contribution >= 0.6 is 0 Å². The molecule has 2 N–H and O–H groups in total. The van der Waals surface area contributed by atoms with Gasteiger partial charge in [-0.15, -0.1) is 0 Å². The van der Waals surface area contributed by atoms with Gasteiger partial charge in [0, 0.05) is 18.3 Å². The van der Waals surface area contributed by atoms with Crippen LogP contribution in [0, 0.1) is 10.1 Å². The number of nitro groups is 1. The molecule has 0 bridgehead atoms. The molecule has 0 aliphatic heterocycles. The minimum Gasteiger partial charge on any atom is -0.497 e. The number of carbonyl (C=O) groups is 1. The van der Waals surface area contributed by atoms with Crippen LogP contribution in [0.1, 0.15) is 25.8 Å². The van der Waals surface area contributed by atoms with Crippen molar-refractivity contribution in [1.82, 2.24) is 0 Å². The van der Waals surface area contributed by atoms with E-state index in [-0.39, 0.29) is 6.42 Å². The fraction of sp³-hybridized carbons (Fsp3) is 0.389. The molecule has 2 rings (SSSR count). The third-order valence-electron chi connectivity index (χ3n) is 4.68. The number of benzene rings is 2. The van der Waals surface area contributed by atoms with Crippen LogP contribution in [0.15, 0.2) is 36.4 Å². The molecule has 2 unspecified atom stereocenters. The summed E-state index contributed by atoms with van der Waals surface area (Å²) in [5.74, 6) is -0.551. The Hall–Kier alpha value is -2.67. The normalized spacial score (nSPS) is 16.0. The maximum Gasteiger partial charge on any atom is 0.316 e. The third kappa shape index (κ3) is 3.56. The Kier molecular flexibility index (Phi) is 5.27. The fourth-order valence-electron chi connectivity index (χ4n) is 2.78. The lowest BCUT2D eigenvalue weighted by molar-refractivity contribution is -0.520. The third-order valence-corrected chi connectivity index (χ3v) is 4.68. The van der Waals surface area contributed by atoms with Crippen LogP contribution in [0.3, 0.4) is 0 Å². The summed E-state index contributed by atoms with van der Waals surface area (Å²) in [7, 11) is 1.56. The highest BCUT2D eigenvalue weighted by Gasteiger charge is 2.44. The highest BCUT2D eigenvalue weighted by molar-refractivity contribution is 5.88. The molecule has 0 aromatic heterocycles. The van der Waals surface area contributed by atoms with Crippen molar-refractivity contribution in [3.63, 3.8) is 0 Å². The molecular weight excluding hydrogens is 326 g/mol. The molecule has 0 saturated carbocycles. The first-order valence-corrected chi connectivity index (χ1v) is 7.83. The summed E-state index contributed by atoms with van der Waals surface area (Å²) in [6.45, 7) is 2.73. The Balaban J connectivity index is 2.46. The molecule has 134 valence electrons. The molecule has 0 aliphatic carbocycles. The zero-order chi connectivity index (χ0) is 18.8. The average molecular weight is 347 g/mol. The predicted octanol–water partition coefficient (Wildman–Crippen LogP) is 2.61. The van der Waals surface area contributed by atoms with E-state index in [1.807, 2.05) is 6.07 Å². The van der Waals surface area contributed by atoms with Crippen LogP contribution < -0.4 is 4.74 Å². The van der Waals surface area contributed by atoms with Crippen molar-refractivity contribution in [3.05, 3.63) is 52.1 Å². The number of hydrogen-bond donors (Lipinski definition) is 2. The molecule has 0 fully saturated rings. The van der Waals surface area contributed by atoms with Crippen molar-refractivity contribution in [2.24, 2.45) is 0 Å². The van der Waals surface area contributed by atoms with Crippen LogP contribution in [-0.2, 0) is 10.2 Å². The topological polar surface area (TPSA) is 110 Å². The standard InChI is InChI=1S/C18H21NO6/c1-11(19(23)24)8-16(20)18(2,17(21)22)14-6-4-13-10-15(25-3)7-5-12(13)9-14/h4-7,9-11,16,20H,8H2,1-3H3,(H,21,22)/t11?,16?,18-/m0/s1. The second kappa shape index (κ2) is 7.06. The summed E-state index contributed by atoms with van der Waals surface area (Å²) in [5, 5.41) is 32.7. The Labute approximate surface area is 145 Å². The predicted molar refractivity (Wildman–Crippen MR) is 92.6 cm³/mol. The summed E-state index contributed by atoms with van der Waals surface area (Å²) in [6.07, 6.45) is -1.66. The number of nitrogens with zero attached hydrogens (tertiary/aromatic N) is 1. The van der Waals surface area contributed by atoms with Crippen molar-refractivity contribution in [2.45, 2.75) is 37.8 Å². The van der Waals surface area contributed by atoms with Gasteiger partial charge >= 0.3 is 5.97 Å². The van der Waals surface area contributed by atoms with Crippen LogP contribution in [0.5, 0.6) is 5.75 Å². The van der Waals surface area contributed by atoms with Gasteiger partial charge in [-0.2, -0.15) is 0 Å². The number of carboxylic acids is 1. The summed E-state index contributed by atoms with van der Waals surface area (Å²) in [6, 6.07) is 9.39. The Morgan fingerprint density at radius 2 is 1.88 bits per heavy atom. The Morgan fingerprint density at radius 3 is 2.44 bits per heavy atom. The summed E-state index contributed by atoms with van der Waals surface area (Å²) >= 11 is 0. The quantitative estimate of drug-likeness (QED) is 0.588. The van der Waals surface area contributed by atoms with Gasteiger partial charge in [-0.25, -0.2) is 0 Å². The van der Waals surface area contributed by atoms with Gasteiger partial charge in [-0.1, -0.05) is 18.2 Å². The van der Waals surface area contributed by atoms with Crippen molar-refractivity contribution in [1.29, 1.82) is 0 Å². The zero-order valence-corrected chi connectivity index (χ0v) is 14.3. The number of methoxy groups -OCH3 is 1. The first kappa shape index (κ1) is 18.7. The highest BCUT2D eigenvalue weighted by Crippen LogP contribution is 2.33. The molecule has 0 radical (unpaired) electrons. The van der Waals surface area contributed by atoms with E-state index in [9.17, 15) is 25.1 Å². The SMILES string of the molecule is COc1ccc2cc([C@](C)(C(=O)O)C(O)CC(C)[N+](=O)[O-])ccc2c1. The molecule has 0 heterocycles. The molecule has 7 nitrogen and oxygen atoms in total. The first-order chi connectivity index (χ1) is 11.7. The van der Waals surface area contributed by atoms with Crippen LogP contribution in [0.4, 0.5) is 0 Å². The number of ether oxygens (including phenoxy) is 1. The highest BCUT2D eigenvalue weighted by atomic mass is 16.6. The molecule has 0 saturated heterocycles. The van der Waals surface area contributed by atoms with Crippen LogP contribution in [0.2, 0.25) is 0 Å². The van der Waals surface area contributed by atoms with Gasteiger partial charge in [0.25, 0.3) is 0 Å². The van der Waals surface area contributed by atoms with E-state index in [1.165, 1.54) is 13.8 Å². The maximum absolute atomic E-state index is 11.9. The second-order valence-corrected chi connectivity index (χ2v) is 6.32. The molecule has 2 aromatic carbocycles. The molecule has 0 spiro atoms. The van der Waals surface area contributed by atoms with Crippen LogP contribution in [0.25, 0.3) is 10.8 Å². The minimum absolute atomic E-state index is 0.254. The van der Waals surface area contributed by atoms with E-state index < -0.39 is 28.5 Å². The molecule has 7 heteroatoms. The van der Waals surface area contributed by atoms with Crippen molar-refractivity contribution >= 4 is 16.7 Å². The molecule has 3 atom stereocenters. The average Bonchev–Trinajstić information content (AvgIpc) is 2.59. The Morgan fingerprint density at radius 1 is 1.28 bits per heavy atom. The molecular formula is C18H21NO6. The van der Waals surface area contributed by atoms with Gasteiger partial charge in [0.1, 0.15) is 11.2 Å². The molecule has 0 aliphatic rings. The van der Waals surface area contributed by atoms with Crippen molar-refractivity contribution in [3.8, 4) is 5.75 Å². The van der Waals surface area contributed by atoms with E-state index in [1.54, 1.807) is 37.4 Å². The van der Waals surface area contributed by atoms with Gasteiger partial charge in [-0.05, 0) is 41.5 Å². The van der Waals surface area contributed by atoms with Gasteiger partial charge in [0.05, 0.1) is 13.2 Å². The van der Waals surface area contributed by atoms with Crippen LogP contribution in [-0.4, -0.2) is 40.4 Å². The lowest BCUT2D eigenvalue weighted by Crippen LogP contribution is -2.46. The number of carboxylic acid groups (broad SMARTS) is 1. The second-order valence-electron chi connectivity index (χ2n) is 6.32. The number of rotatable bonds is 7. The lowest BCUT2D eigenvalue weighted by atomic mass is 9.75. The number of fused-ring (bicyclic) bond motifs is 1. The van der Waals surface area contributed by atoms with Gasteiger partial charge in [0.2, 0.25) is 6.04 Å². The number of aliphatic carboxylic acids is 1. The molecule has 2 aromatic rings. The summed E-state index contributed by atoms with van der Waals surface area (Å²) in [5.41, 5.74) is -1.26. The van der Waals surface area contributed by atoms with Gasteiger partial charge in [-0.3, -0.25) is 14.9 Å². The molecule has 0 amide bonds. The number of aliphatic hydroxyl groups is 1. The van der Waals surface area contributed by atoms with Gasteiger partial charge in [0.15, 0.2) is 0 Å². The van der Waals surface area contributed by atoms with E-state index in [0.717, 1.165) is 10.8 Å². The maximum atomic E-state index is 11.9. The first-order valence-electron chi connectivity index (χ1n) is 7.83. The molecule has 25 heavy (non-hydrogen) atoms. The monoisotopic (exact) mass is 347 g/mol. The van der Waals surface area contributed by atoms with Crippen molar-refractivity contribution < 1.29 is 24.7 Å². The number of hydrogen-bond acceptors (Lipinski definition) is 5. The van der Waals surface area contributed by atoms with E-state index in [0.29, 0.717) is 11.3 Å². The number of aliphatic hydroxyl groups excluding tert-OH is 1. The Bertz CT molecular complexity index is 805. The minimum atomic E-state index is -1.65. The zero-order valence-electron chi connectivity index (χ0n) is 14.3. The fourth-order valence-corrected chi connectivity index (χ4v) is 2.78. The van der Waals surface area contributed by atoms with Crippen molar-refractivity contribution in [2.75, 3.05) is 7.11 Å². The van der Waals surface area contributed by atoms with E-state index >= 15 is 0 Å².